The van der Waals surface area contributed by atoms with Crippen LogP contribution >= 0.6 is 11.3 Å². The van der Waals surface area contributed by atoms with E-state index in [2.05, 4.69) is 4.90 Å². The molecule has 0 bridgehead atoms. The lowest BCUT2D eigenvalue weighted by Crippen LogP contribution is -3.00. The number of ether oxygens (including phenoxy) is 2. The molecule has 0 fully saturated rings. The molecule has 1 amide bonds. The molecule has 0 N–H and O–H groups in total. The fourth-order valence-corrected chi connectivity index (χ4v) is 4.86. The summed E-state index contributed by atoms with van der Waals surface area (Å²) in [7, 11) is 7.19. The van der Waals surface area contributed by atoms with E-state index in [1.165, 1.54) is 11.3 Å². The van der Waals surface area contributed by atoms with Gasteiger partial charge in [-0.2, -0.15) is 0 Å². The summed E-state index contributed by atoms with van der Waals surface area (Å²) in [4.78, 5) is 34.9. The van der Waals surface area contributed by atoms with Crippen molar-refractivity contribution >= 4 is 38.4 Å². The number of methoxy groups -OCH3 is 2. The van der Waals surface area contributed by atoms with Crippen LogP contribution in [0.1, 0.15) is 32.7 Å². The molecule has 194 valence electrons. The quantitative estimate of drug-likeness (QED) is 0.288. The third-order valence-corrected chi connectivity index (χ3v) is 6.82. The second-order valence-corrected chi connectivity index (χ2v) is 9.57. The average molecular weight is 539 g/mol. The number of fused-ring (bicyclic) bond motifs is 1. The number of carbonyl (C=O) groups is 2. The van der Waals surface area contributed by atoms with Crippen LogP contribution in [0.2, 0.25) is 0 Å². The predicted molar refractivity (Wildman–Crippen MR) is 144 cm³/mol. The number of benzene rings is 3. The largest absolute Gasteiger partial charge is 1.00 e. The van der Waals surface area contributed by atoms with Gasteiger partial charge in [0.1, 0.15) is 0 Å². The Morgan fingerprint density at radius 1 is 0.838 bits per heavy atom. The number of anilines is 1. The molecule has 0 unspecified atom stereocenters. The molecule has 37 heavy (non-hydrogen) atoms. The van der Waals surface area contributed by atoms with E-state index in [1.807, 2.05) is 44.4 Å². The molecular formula is C28H29ClN3O4S-. The van der Waals surface area contributed by atoms with Crippen LogP contribution in [0.5, 0.6) is 11.5 Å². The minimum absolute atomic E-state index is 0. The lowest BCUT2D eigenvalue weighted by molar-refractivity contribution is -0.0000225. The zero-order valence-corrected chi connectivity index (χ0v) is 22.8. The lowest BCUT2D eigenvalue weighted by Gasteiger charge is -2.21. The summed E-state index contributed by atoms with van der Waals surface area (Å²) in [6.07, 6.45) is 0.784. The molecule has 0 aliphatic carbocycles. The number of thiazole rings is 1. The topological polar surface area (TPSA) is 72.0 Å². The number of hydrogen-bond donors (Lipinski definition) is 0. The number of nitrogens with zero attached hydrogens (tertiary/aromatic N) is 3. The van der Waals surface area contributed by atoms with Crippen molar-refractivity contribution in [3.05, 3.63) is 83.4 Å². The van der Waals surface area contributed by atoms with Crippen molar-refractivity contribution in [2.24, 2.45) is 0 Å². The van der Waals surface area contributed by atoms with Crippen molar-refractivity contribution in [2.45, 2.75) is 6.42 Å². The Balaban J connectivity index is 0.00000380. The summed E-state index contributed by atoms with van der Waals surface area (Å²) < 4.78 is 11.7. The summed E-state index contributed by atoms with van der Waals surface area (Å²) in [5.74, 6) is 0.965. The molecule has 3 aromatic carbocycles. The Morgan fingerprint density at radius 3 is 2.05 bits per heavy atom. The van der Waals surface area contributed by atoms with Gasteiger partial charge in [-0.25, -0.2) is 4.98 Å². The molecule has 4 aromatic rings. The summed E-state index contributed by atoms with van der Waals surface area (Å²) in [5.41, 5.74) is 2.39. The summed E-state index contributed by atoms with van der Waals surface area (Å²) in [6, 6.07) is 19.6. The first-order valence-corrected chi connectivity index (χ1v) is 12.4. The molecule has 1 heterocycles. The maximum Gasteiger partial charge on any atom is 0.260 e. The van der Waals surface area contributed by atoms with Gasteiger partial charge in [0, 0.05) is 35.4 Å². The van der Waals surface area contributed by atoms with Crippen molar-refractivity contribution in [3.63, 3.8) is 0 Å². The Labute approximate surface area is 227 Å². The number of amides is 1. The van der Waals surface area contributed by atoms with Crippen LogP contribution in [0.15, 0.2) is 66.7 Å². The Hall–Kier alpha value is -3.46. The second-order valence-electron chi connectivity index (χ2n) is 8.56. The van der Waals surface area contributed by atoms with E-state index in [-0.39, 0.29) is 24.1 Å². The predicted octanol–water partition coefficient (Wildman–Crippen LogP) is 2.15. The van der Waals surface area contributed by atoms with E-state index >= 15 is 0 Å². The maximum atomic E-state index is 13.6. The van der Waals surface area contributed by atoms with Crippen molar-refractivity contribution in [1.29, 1.82) is 0 Å². The lowest BCUT2D eigenvalue weighted by atomic mass is 10.0. The van der Waals surface area contributed by atoms with E-state index in [4.69, 9.17) is 14.5 Å². The fourth-order valence-electron chi connectivity index (χ4n) is 3.86. The van der Waals surface area contributed by atoms with Crippen LogP contribution in [-0.4, -0.2) is 63.0 Å². The van der Waals surface area contributed by atoms with E-state index < -0.39 is 0 Å². The van der Waals surface area contributed by atoms with Gasteiger partial charge in [0.25, 0.3) is 5.91 Å². The highest BCUT2D eigenvalue weighted by Gasteiger charge is 2.22. The van der Waals surface area contributed by atoms with Gasteiger partial charge in [-0.15, -0.1) is 0 Å². The minimum atomic E-state index is -0.162. The van der Waals surface area contributed by atoms with Gasteiger partial charge in [0.05, 0.1) is 24.4 Å². The van der Waals surface area contributed by atoms with E-state index in [1.54, 1.807) is 55.5 Å². The second kappa shape index (κ2) is 12.7. The Morgan fingerprint density at radius 2 is 1.43 bits per heavy atom. The van der Waals surface area contributed by atoms with Gasteiger partial charge in [0.15, 0.2) is 22.4 Å². The SMILES string of the molecule is COc1cc2nc(N(CCCN(C)C)C(=O)c3ccc(C(=O)c4ccccc4)cc3)sc2cc1OC.[Cl-]. The van der Waals surface area contributed by atoms with Crippen molar-refractivity contribution < 1.29 is 31.5 Å². The van der Waals surface area contributed by atoms with Gasteiger partial charge < -0.3 is 26.8 Å². The Bertz CT molecular complexity index is 1320. The fraction of sp³-hybridized carbons (Fsp3) is 0.250. The number of hydrogen-bond acceptors (Lipinski definition) is 7. The molecule has 0 spiro atoms. The molecule has 0 saturated carbocycles. The highest BCUT2D eigenvalue weighted by atomic mass is 35.5. The number of carbonyl (C=O) groups excluding carboxylic acids is 2. The van der Waals surface area contributed by atoms with Gasteiger partial charge in [0.2, 0.25) is 0 Å². The highest BCUT2D eigenvalue weighted by molar-refractivity contribution is 7.22. The average Bonchev–Trinajstić information content (AvgIpc) is 3.32. The third kappa shape index (κ3) is 6.46. The zero-order chi connectivity index (χ0) is 25.7. The third-order valence-electron chi connectivity index (χ3n) is 5.78. The number of ketones is 1. The van der Waals surface area contributed by atoms with Gasteiger partial charge in [-0.3, -0.25) is 14.5 Å². The smallest absolute Gasteiger partial charge is 0.260 e. The summed E-state index contributed by atoms with van der Waals surface area (Å²) in [6.45, 7) is 1.34. The van der Waals surface area contributed by atoms with E-state index in [0.717, 1.165) is 23.2 Å². The minimum Gasteiger partial charge on any atom is -1.00 e. The standard InChI is InChI=1S/C28H29N3O4S.ClH/c1-30(2)15-8-16-31(28-29-22-17-23(34-3)24(35-4)18-25(22)36-28)27(33)21-13-11-20(12-14-21)26(32)19-9-6-5-7-10-19;/h5-7,9-14,17-18H,8,15-16H2,1-4H3;1H/p-1. The van der Waals surface area contributed by atoms with Crippen LogP contribution in [0, 0.1) is 0 Å². The Kier molecular flexibility index (Phi) is 9.63. The molecule has 7 nitrogen and oxygen atoms in total. The normalized spacial score (nSPS) is 10.7. The van der Waals surface area contributed by atoms with E-state index in [0.29, 0.717) is 39.9 Å². The van der Waals surface area contributed by atoms with Crippen LogP contribution in [0.4, 0.5) is 5.13 Å². The summed E-state index contributed by atoms with van der Waals surface area (Å²) >= 11 is 1.43. The van der Waals surface area contributed by atoms with Gasteiger partial charge in [-0.05, 0) is 39.2 Å². The molecule has 0 radical (unpaired) electrons. The molecule has 1 aromatic heterocycles. The molecule has 9 heteroatoms. The van der Waals surface area contributed by atoms with Crippen molar-refractivity contribution in [2.75, 3.05) is 46.3 Å². The first-order chi connectivity index (χ1) is 17.4. The number of halogens is 1. The molecule has 0 aliphatic rings. The monoisotopic (exact) mass is 538 g/mol. The van der Waals surface area contributed by atoms with Crippen LogP contribution in [0.25, 0.3) is 10.2 Å². The van der Waals surface area contributed by atoms with Crippen molar-refractivity contribution in [3.8, 4) is 11.5 Å². The highest BCUT2D eigenvalue weighted by Crippen LogP contribution is 2.37. The first kappa shape index (κ1) is 28.1. The number of rotatable bonds is 10. The first-order valence-electron chi connectivity index (χ1n) is 11.6. The van der Waals surface area contributed by atoms with Crippen LogP contribution < -0.4 is 26.8 Å². The van der Waals surface area contributed by atoms with E-state index in [9.17, 15) is 9.59 Å². The number of aromatic nitrogens is 1. The van der Waals surface area contributed by atoms with Crippen molar-refractivity contribution in [1.82, 2.24) is 9.88 Å². The zero-order valence-electron chi connectivity index (χ0n) is 21.2. The molecule has 0 aliphatic heterocycles. The van der Waals surface area contributed by atoms with Gasteiger partial charge >= 0.3 is 0 Å². The molecule has 4 rings (SSSR count). The summed E-state index contributed by atoms with van der Waals surface area (Å²) in [5, 5.41) is 0.605. The van der Waals surface area contributed by atoms with Crippen LogP contribution in [-0.2, 0) is 0 Å². The molecule has 0 saturated heterocycles. The van der Waals surface area contributed by atoms with Crippen LogP contribution in [0.3, 0.4) is 0 Å². The maximum absolute atomic E-state index is 13.6. The molecular weight excluding hydrogens is 510 g/mol. The molecule has 0 atom stereocenters. The van der Waals surface area contributed by atoms with Gasteiger partial charge in [-0.1, -0.05) is 53.8 Å².